The first-order valence-electron chi connectivity index (χ1n) is 23.3. The number of hydrogen-bond donors (Lipinski definition) is 4. The number of fused-ring (bicyclic) bond motifs is 8. The van der Waals surface area contributed by atoms with Crippen LogP contribution in [0.2, 0.25) is 0 Å². The number of rotatable bonds is 18. The minimum Gasteiger partial charge on any atom is -0.493 e. The summed E-state index contributed by atoms with van der Waals surface area (Å²) in [5, 5.41) is 28.4. The summed E-state index contributed by atoms with van der Waals surface area (Å²) in [7, 11) is 0. The summed E-state index contributed by atoms with van der Waals surface area (Å²) in [6.45, 7) is 10.2. The fraction of sp³-hybridized carbons (Fsp3) is 0.321. The molecule has 1 aliphatic rings. The predicted octanol–water partition coefficient (Wildman–Crippen LogP) is 10.9. The first-order chi connectivity index (χ1) is 32.2. The molecule has 344 valence electrons. The maximum absolute atomic E-state index is 13.7. The van der Waals surface area contributed by atoms with E-state index in [0.717, 1.165) is 93.2 Å². The summed E-state index contributed by atoms with van der Waals surface area (Å²) in [6, 6.07) is 37.9. The van der Waals surface area contributed by atoms with Crippen LogP contribution in [0, 0.1) is 0 Å². The van der Waals surface area contributed by atoms with Gasteiger partial charge in [-0.05, 0) is 83.3 Å². The molecule has 0 spiro atoms. The molecule has 6 aromatic rings. The quantitative estimate of drug-likeness (QED) is 0.0669. The Morgan fingerprint density at radius 1 is 0.424 bits per heavy atom. The SMILES string of the molecule is CCCOc1c2cccc1Cc1cc(NC(=O)[C@@H](O)c3ccccc3)cc(c1OCCC)Cc1cccc(c1OCCC)Cc1cc(NC(=O)[C@@H](O)c3ccccc3)cc(c1OCCC)C2. The van der Waals surface area contributed by atoms with E-state index < -0.39 is 24.0 Å². The van der Waals surface area contributed by atoms with Crippen LogP contribution in [0.3, 0.4) is 0 Å². The van der Waals surface area contributed by atoms with Gasteiger partial charge < -0.3 is 39.8 Å². The van der Waals surface area contributed by atoms with Crippen molar-refractivity contribution in [3.8, 4) is 23.0 Å². The molecule has 6 aromatic carbocycles. The van der Waals surface area contributed by atoms with Gasteiger partial charge in [0.05, 0.1) is 26.4 Å². The molecule has 0 unspecified atom stereocenters. The second-order valence-corrected chi connectivity index (χ2v) is 16.8. The zero-order chi connectivity index (χ0) is 46.4. The Morgan fingerprint density at radius 2 is 0.697 bits per heavy atom. The van der Waals surface area contributed by atoms with Crippen molar-refractivity contribution < 1.29 is 38.7 Å². The van der Waals surface area contributed by atoms with Crippen LogP contribution in [-0.2, 0) is 35.3 Å². The molecule has 8 bridgehead atoms. The van der Waals surface area contributed by atoms with Crippen LogP contribution in [0.1, 0.15) is 121 Å². The van der Waals surface area contributed by atoms with Crippen molar-refractivity contribution in [2.24, 2.45) is 0 Å². The molecule has 2 amide bonds. The summed E-state index contributed by atoms with van der Waals surface area (Å²) in [5.41, 5.74) is 9.14. The largest absolute Gasteiger partial charge is 0.493 e. The van der Waals surface area contributed by atoms with E-state index in [1.54, 1.807) is 48.5 Å². The Balaban J connectivity index is 1.43. The van der Waals surface area contributed by atoms with E-state index in [1.807, 2.05) is 48.5 Å². The van der Waals surface area contributed by atoms with Gasteiger partial charge in [0.1, 0.15) is 23.0 Å². The van der Waals surface area contributed by atoms with Crippen molar-refractivity contribution in [3.05, 3.63) is 177 Å². The van der Waals surface area contributed by atoms with Crippen molar-refractivity contribution in [2.45, 2.75) is 91.3 Å². The van der Waals surface area contributed by atoms with Crippen molar-refractivity contribution >= 4 is 23.2 Å². The van der Waals surface area contributed by atoms with Gasteiger partial charge in [-0.1, -0.05) is 125 Å². The van der Waals surface area contributed by atoms with E-state index >= 15 is 0 Å². The van der Waals surface area contributed by atoms with Crippen LogP contribution in [0.25, 0.3) is 0 Å². The number of amides is 2. The lowest BCUT2D eigenvalue weighted by atomic mass is 9.90. The molecule has 0 fully saturated rings. The molecule has 0 saturated carbocycles. The van der Waals surface area contributed by atoms with Gasteiger partial charge in [-0.2, -0.15) is 0 Å². The normalized spacial score (nSPS) is 12.9. The minimum atomic E-state index is -1.37. The summed E-state index contributed by atoms with van der Waals surface area (Å²) >= 11 is 0. The number of para-hydroxylation sites is 2. The van der Waals surface area contributed by atoms with Crippen LogP contribution < -0.4 is 29.6 Å². The van der Waals surface area contributed by atoms with Crippen molar-refractivity contribution in [1.29, 1.82) is 0 Å². The number of benzene rings is 6. The lowest BCUT2D eigenvalue weighted by Gasteiger charge is -2.24. The standard InChI is InChI=1S/C56H62N2O8/c1-5-25-63-51-39-21-15-22-40(51)30-44-34-48(58-56(62)50(60)38-19-13-10-14-20-38)36-46(54(44)66-28-8-4)32-42-24-16-23-41(52(42)64-26-6-2)31-45-35-47(33-43(29-39)53(45)65-27-7-3)57-55(61)49(59)37-17-11-9-12-18-37/h9-24,33-36,49-50,59-60H,5-8,25-32H2,1-4H3,(H,57,61)(H,58,62)/t49-,50-/m0/s1. The molecule has 4 N–H and O–H groups in total. The van der Waals surface area contributed by atoms with Crippen molar-refractivity contribution in [3.63, 3.8) is 0 Å². The van der Waals surface area contributed by atoms with Gasteiger partial charge in [0.15, 0.2) is 12.2 Å². The highest BCUT2D eigenvalue weighted by Gasteiger charge is 2.26. The number of ether oxygens (including phenoxy) is 4. The van der Waals surface area contributed by atoms with Gasteiger partial charge >= 0.3 is 0 Å². The van der Waals surface area contributed by atoms with Gasteiger partial charge in [0.2, 0.25) is 0 Å². The number of carbonyl (C=O) groups is 2. The smallest absolute Gasteiger partial charge is 0.257 e. The van der Waals surface area contributed by atoms with Gasteiger partial charge in [-0.15, -0.1) is 0 Å². The number of hydrogen-bond acceptors (Lipinski definition) is 8. The molecule has 10 nitrogen and oxygen atoms in total. The fourth-order valence-corrected chi connectivity index (χ4v) is 8.38. The second kappa shape index (κ2) is 23.0. The molecule has 10 heteroatoms. The van der Waals surface area contributed by atoms with Gasteiger partial charge in [0, 0.05) is 59.3 Å². The van der Waals surface area contributed by atoms with Crippen LogP contribution in [0.15, 0.2) is 121 Å². The van der Waals surface area contributed by atoms with E-state index in [9.17, 15) is 19.8 Å². The summed E-state index contributed by atoms with van der Waals surface area (Å²) < 4.78 is 26.7. The first-order valence-corrected chi connectivity index (χ1v) is 23.3. The molecule has 2 atom stereocenters. The van der Waals surface area contributed by atoms with Crippen LogP contribution >= 0.6 is 0 Å². The van der Waals surface area contributed by atoms with E-state index in [2.05, 4.69) is 62.6 Å². The zero-order valence-corrected chi connectivity index (χ0v) is 38.5. The first kappa shape index (κ1) is 47.3. The highest BCUT2D eigenvalue weighted by atomic mass is 16.5. The molecule has 7 rings (SSSR count). The van der Waals surface area contributed by atoms with Crippen molar-refractivity contribution in [1.82, 2.24) is 0 Å². The minimum absolute atomic E-state index is 0.404. The molecule has 0 heterocycles. The van der Waals surface area contributed by atoms with Gasteiger partial charge in [0.25, 0.3) is 11.8 Å². The molecular formula is C56H62N2O8. The van der Waals surface area contributed by atoms with Gasteiger partial charge in [-0.25, -0.2) is 0 Å². The highest BCUT2D eigenvalue weighted by Crippen LogP contribution is 2.41. The molecule has 0 radical (unpaired) electrons. The average Bonchev–Trinajstić information content (AvgIpc) is 3.33. The third kappa shape index (κ3) is 11.6. The monoisotopic (exact) mass is 890 g/mol. The zero-order valence-electron chi connectivity index (χ0n) is 38.5. The Bertz CT molecular complexity index is 2310. The molecule has 0 saturated heterocycles. The lowest BCUT2D eigenvalue weighted by Crippen LogP contribution is -2.21. The van der Waals surface area contributed by atoms with Crippen LogP contribution in [0.4, 0.5) is 11.4 Å². The third-order valence-electron chi connectivity index (χ3n) is 11.4. The number of aliphatic hydroxyl groups excluding tert-OH is 2. The Morgan fingerprint density at radius 3 is 0.970 bits per heavy atom. The predicted molar refractivity (Wildman–Crippen MR) is 260 cm³/mol. The average molecular weight is 891 g/mol. The molecular weight excluding hydrogens is 829 g/mol. The van der Waals surface area contributed by atoms with E-state index in [4.69, 9.17) is 18.9 Å². The maximum atomic E-state index is 13.7. The molecule has 1 aliphatic carbocycles. The third-order valence-corrected chi connectivity index (χ3v) is 11.4. The molecule has 66 heavy (non-hydrogen) atoms. The molecule has 0 aliphatic heterocycles. The second-order valence-electron chi connectivity index (χ2n) is 16.8. The Hall–Kier alpha value is -6.62. The van der Waals surface area contributed by atoms with Crippen LogP contribution in [0.5, 0.6) is 23.0 Å². The van der Waals surface area contributed by atoms with E-state index in [-0.39, 0.29) is 0 Å². The number of carbonyl (C=O) groups excluding carboxylic acids is 2. The topological polar surface area (TPSA) is 136 Å². The van der Waals surface area contributed by atoms with E-state index in [1.165, 1.54) is 0 Å². The fourth-order valence-electron chi connectivity index (χ4n) is 8.38. The maximum Gasteiger partial charge on any atom is 0.257 e. The number of aliphatic hydroxyl groups is 2. The summed E-state index contributed by atoms with van der Waals surface area (Å²) in [6.07, 6.45) is 2.02. The Kier molecular flexibility index (Phi) is 16.5. The van der Waals surface area contributed by atoms with Gasteiger partial charge in [-0.3, -0.25) is 9.59 Å². The lowest BCUT2D eigenvalue weighted by molar-refractivity contribution is -0.124. The number of anilines is 2. The highest BCUT2D eigenvalue weighted by molar-refractivity contribution is 5.96. The summed E-state index contributed by atoms with van der Waals surface area (Å²) in [5.74, 6) is 1.84. The van der Waals surface area contributed by atoms with E-state index in [0.29, 0.717) is 74.6 Å². The van der Waals surface area contributed by atoms with Crippen molar-refractivity contribution in [2.75, 3.05) is 37.1 Å². The molecule has 0 aromatic heterocycles. The van der Waals surface area contributed by atoms with Crippen LogP contribution in [-0.4, -0.2) is 48.5 Å². The number of nitrogens with one attached hydrogen (secondary N) is 2. The Labute approximate surface area is 388 Å². The summed E-state index contributed by atoms with van der Waals surface area (Å²) in [4.78, 5) is 27.5.